The molecule has 9 heteroatoms. The van der Waals surface area contributed by atoms with Crippen LogP contribution in [-0.2, 0) is 14.8 Å². The molecule has 0 radical (unpaired) electrons. The van der Waals surface area contributed by atoms with Crippen molar-refractivity contribution in [2.75, 3.05) is 11.9 Å². The second kappa shape index (κ2) is 7.42. The van der Waals surface area contributed by atoms with Crippen LogP contribution in [0.1, 0.15) is 43.2 Å². The van der Waals surface area contributed by atoms with Crippen LogP contribution in [0.2, 0.25) is 0 Å². The number of aryl methyl sites for hydroxylation is 1. The van der Waals surface area contributed by atoms with E-state index in [-0.39, 0.29) is 16.7 Å². The summed E-state index contributed by atoms with van der Waals surface area (Å²) in [5, 5.41) is 12.0. The number of nitrogens with zero attached hydrogens (tertiary/aromatic N) is 3. The highest BCUT2D eigenvalue weighted by Crippen LogP contribution is 2.28. The van der Waals surface area contributed by atoms with Crippen LogP contribution >= 0.6 is 11.3 Å². The molecule has 1 fully saturated rings. The molecular formula is C17H22N4O3S2. The summed E-state index contributed by atoms with van der Waals surface area (Å²) in [4.78, 5) is 12.9. The Balaban J connectivity index is 1.78. The molecule has 1 aliphatic heterocycles. The van der Waals surface area contributed by atoms with Gasteiger partial charge in [-0.3, -0.25) is 10.1 Å². The maximum atomic E-state index is 12.9. The predicted molar refractivity (Wildman–Crippen MR) is 101 cm³/mol. The Kier molecular flexibility index (Phi) is 5.40. The second-order valence-corrected chi connectivity index (χ2v) is 9.58. The number of hydrogen-bond acceptors (Lipinski definition) is 6. The summed E-state index contributed by atoms with van der Waals surface area (Å²) in [5.41, 5.74) is 0.983. The molecule has 0 bridgehead atoms. The summed E-state index contributed by atoms with van der Waals surface area (Å²) in [5.74, 6) is -0.132. The minimum absolute atomic E-state index is 0.209. The fourth-order valence-corrected chi connectivity index (χ4v) is 5.25. The van der Waals surface area contributed by atoms with Crippen molar-refractivity contribution in [2.24, 2.45) is 0 Å². The van der Waals surface area contributed by atoms with Crippen LogP contribution in [0, 0.1) is 6.92 Å². The Labute approximate surface area is 157 Å². The van der Waals surface area contributed by atoms with Crippen molar-refractivity contribution in [1.29, 1.82) is 0 Å². The third kappa shape index (κ3) is 3.79. The molecule has 1 atom stereocenters. The molecule has 1 N–H and O–H groups in total. The lowest BCUT2D eigenvalue weighted by molar-refractivity contribution is -0.119. The van der Waals surface area contributed by atoms with Gasteiger partial charge in [-0.25, -0.2) is 8.42 Å². The van der Waals surface area contributed by atoms with E-state index >= 15 is 0 Å². The van der Waals surface area contributed by atoms with Crippen molar-refractivity contribution in [3.05, 3.63) is 34.8 Å². The summed E-state index contributed by atoms with van der Waals surface area (Å²) in [7, 11) is -3.71. The molecule has 1 amide bonds. The summed E-state index contributed by atoms with van der Waals surface area (Å²) in [6, 6.07) is 5.95. The van der Waals surface area contributed by atoms with Crippen LogP contribution in [-0.4, -0.2) is 41.4 Å². The van der Waals surface area contributed by atoms with Gasteiger partial charge in [-0.2, -0.15) is 4.31 Å². The van der Waals surface area contributed by atoms with Gasteiger partial charge in [-0.1, -0.05) is 42.9 Å². The lowest BCUT2D eigenvalue weighted by Crippen LogP contribution is -2.43. The molecule has 1 aromatic carbocycles. The molecule has 26 heavy (non-hydrogen) atoms. The summed E-state index contributed by atoms with van der Waals surface area (Å²) < 4.78 is 27.1. The van der Waals surface area contributed by atoms with Crippen molar-refractivity contribution < 1.29 is 13.2 Å². The van der Waals surface area contributed by atoms with E-state index in [0.29, 0.717) is 24.5 Å². The van der Waals surface area contributed by atoms with Crippen LogP contribution in [0.3, 0.4) is 0 Å². The Morgan fingerprint density at radius 1 is 1.27 bits per heavy atom. The zero-order chi connectivity index (χ0) is 18.9. The highest BCUT2D eigenvalue weighted by Gasteiger charge is 2.39. The summed E-state index contributed by atoms with van der Waals surface area (Å²) in [6.45, 7) is 6.23. The standard InChI is InChI=1S/C17H22N4O3S2/c1-11(2)16-19-20-17(25-16)18-15(22)14-5-4-10-21(14)26(23,24)13-8-6-12(3)7-9-13/h6-9,11,14H,4-5,10H2,1-3H3,(H,18,20,22)/t14-/m0/s1. The van der Waals surface area contributed by atoms with Crippen LogP contribution < -0.4 is 5.32 Å². The van der Waals surface area contributed by atoms with Gasteiger partial charge in [0.05, 0.1) is 4.90 Å². The first-order valence-corrected chi connectivity index (χ1v) is 10.8. The first-order valence-electron chi connectivity index (χ1n) is 8.52. The minimum Gasteiger partial charge on any atom is -0.299 e. The van der Waals surface area contributed by atoms with E-state index in [1.165, 1.54) is 15.6 Å². The number of hydrogen-bond donors (Lipinski definition) is 1. The van der Waals surface area contributed by atoms with Gasteiger partial charge in [0.1, 0.15) is 11.0 Å². The maximum Gasteiger partial charge on any atom is 0.244 e. The number of aromatic nitrogens is 2. The number of carbonyl (C=O) groups is 1. The van der Waals surface area contributed by atoms with E-state index in [9.17, 15) is 13.2 Å². The van der Waals surface area contributed by atoms with Gasteiger partial charge in [0.25, 0.3) is 0 Å². The topological polar surface area (TPSA) is 92.3 Å². The molecular weight excluding hydrogens is 372 g/mol. The van der Waals surface area contributed by atoms with Crippen molar-refractivity contribution in [3.63, 3.8) is 0 Å². The SMILES string of the molecule is Cc1ccc(S(=O)(=O)N2CCC[C@H]2C(=O)Nc2nnc(C(C)C)s2)cc1. The zero-order valence-corrected chi connectivity index (χ0v) is 16.6. The fraction of sp³-hybridized carbons (Fsp3) is 0.471. The molecule has 1 saturated heterocycles. The van der Waals surface area contributed by atoms with Gasteiger partial charge in [-0.05, 0) is 31.9 Å². The van der Waals surface area contributed by atoms with Crippen LogP contribution in [0.15, 0.2) is 29.2 Å². The fourth-order valence-electron chi connectivity index (χ4n) is 2.84. The monoisotopic (exact) mass is 394 g/mol. The number of rotatable bonds is 5. The first-order chi connectivity index (χ1) is 12.3. The Morgan fingerprint density at radius 3 is 2.58 bits per heavy atom. The van der Waals surface area contributed by atoms with Crippen molar-refractivity contribution >= 4 is 32.4 Å². The zero-order valence-electron chi connectivity index (χ0n) is 15.0. The van der Waals surface area contributed by atoms with Crippen molar-refractivity contribution in [2.45, 2.75) is 50.5 Å². The molecule has 7 nitrogen and oxygen atoms in total. The predicted octanol–water partition coefficient (Wildman–Crippen LogP) is 2.76. The molecule has 1 aliphatic rings. The number of benzene rings is 1. The highest BCUT2D eigenvalue weighted by molar-refractivity contribution is 7.89. The lowest BCUT2D eigenvalue weighted by atomic mass is 10.2. The van der Waals surface area contributed by atoms with E-state index in [1.807, 2.05) is 20.8 Å². The van der Waals surface area contributed by atoms with E-state index in [2.05, 4.69) is 15.5 Å². The largest absolute Gasteiger partial charge is 0.299 e. The molecule has 1 aromatic heterocycles. The second-order valence-electron chi connectivity index (χ2n) is 6.68. The van der Waals surface area contributed by atoms with Crippen molar-refractivity contribution in [1.82, 2.24) is 14.5 Å². The van der Waals surface area contributed by atoms with E-state index in [0.717, 1.165) is 10.6 Å². The summed E-state index contributed by atoms with van der Waals surface area (Å²) in [6.07, 6.45) is 1.14. The van der Waals surface area contributed by atoms with Gasteiger partial charge in [0, 0.05) is 12.5 Å². The maximum absolute atomic E-state index is 12.9. The number of anilines is 1. The normalized spacial score (nSPS) is 18.4. The van der Waals surface area contributed by atoms with Gasteiger partial charge < -0.3 is 0 Å². The van der Waals surface area contributed by atoms with Crippen LogP contribution in [0.4, 0.5) is 5.13 Å². The van der Waals surface area contributed by atoms with Crippen LogP contribution in [0.5, 0.6) is 0 Å². The highest BCUT2D eigenvalue weighted by atomic mass is 32.2. The number of sulfonamides is 1. The van der Waals surface area contributed by atoms with E-state index < -0.39 is 16.1 Å². The molecule has 3 rings (SSSR count). The number of nitrogens with one attached hydrogen (secondary N) is 1. The third-order valence-electron chi connectivity index (χ3n) is 4.30. The van der Waals surface area contributed by atoms with E-state index in [4.69, 9.17) is 0 Å². The number of carbonyl (C=O) groups excluding carboxylic acids is 1. The third-order valence-corrected chi connectivity index (χ3v) is 7.36. The van der Waals surface area contributed by atoms with Crippen LogP contribution in [0.25, 0.3) is 0 Å². The van der Waals surface area contributed by atoms with Crippen molar-refractivity contribution in [3.8, 4) is 0 Å². The molecule has 0 unspecified atom stereocenters. The van der Waals surface area contributed by atoms with Gasteiger partial charge in [-0.15, -0.1) is 10.2 Å². The molecule has 0 spiro atoms. The molecule has 2 heterocycles. The molecule has 0 aliphatic carbocycles. The average Bonchev–Trinajstić information content (AvgIpc) is 3.24. The van der Waals surface area contributed by atoms with E-state index in [1.54, 1.807) is 24.3 Å². The Hall–Kier alpha value is -1.84. The quantitative estimate of drug-likeness (QED) is 0.842. The lowest BCUT2D eigenvalue weighted by Gasteiger charge is -2.23. The van der Waals surface area contributed by atoms with Gasteiger partial charge in [0.2, 0.25) is 21.1 Å². The molecule has 0 saturated carbocycles. The van der Waals surface area contributed by atoms with Gasteiger partial charge >= 0.3 is 0 Å². The first kappa shape index (κ1) is 18.9. The summed E-state index contributed by atoms with van der Waals surface area (Å²) >= 11 is 1.31. The minimum atomic E-state index is -3.71. The smallest absolute Gasteiger partial charge is 0.244 e. The Morgan fingerprint density at radius 2 is 1.96 bits per heavy atom. The number of amides is 1. The van der Waals surface area contributed by atoms with Gasteiger partial charge in [0.15, 0.2) is 0 Å². The average molecular weight is 395 g/mol. The molecule has 2 aromatic rings. The Bertz CT molecular complexity index is 891. The molecule has 140 valence electrons.